The Morgan fingerprint density at radius 3 is 2.29 bits per heavy atom. The van der Waals surface area contributed by atoms with E-state index in [1.165, 1.54) is 0 Å². The van der Waals surface area contributed by atoms with E-state index in [-0.39, 0.29) is 11.8 Å². The largest absolute Gasteiger partial charge is 0.340 e. The van der Waals surface area contributed by atoms with Crippen molar-refractivity contribution in [2.75, 3.05) is 26.2 Å². The fourth-order valence-corrected chi connectivity index (χ4v) is 2.53. The number of nitrogens with two attached hydrogens (primary N) is 1. The molecule has 1 aliphatic heterocycles. The van der Waals surface area contributed by atoms with Gasteiger partial charge in [0, 0.05) is 36.8 Å². The van der Waals surface area contributed by atoms with Gasteiger partial charge in [-0.1, -0.05) is 11.6 Å². The van der Waals surface area contributed by atoms with Crippen LogP contribution in [0.3, 0.4) is 0 Å². The molecule has 21 heavy (non-hydrogen) atoms. The van der Waals surface area contributed by atoms with Crippen molar-refractivity contribution in [3.63, 3.8) is 0 Å². The van der Waals surface area contributed by atoms with Crippen molar-refractivity contribution in [2.45, 2.75) is 19.4 Å². The van der Waals surface area contributed by atoms with Crippen molar-refractivity contribution in [1.82, 2.24) is 9.80 Å². The molecule has 0 unspecified atom stereocenters. The fourth-order valence-electron chi connectivity index (χ4n) is 2.40. The van der Waals surface area contributed by atoms with Gasteiger partial charge in [-0.3, -0.25) is 9.59 Å². The molecule has 1 heterocycles. The van der Waals surface area contributed by atoms with Crippen molar-refractivity contribution >= 4 is 23.4 Å². The van der Waals surface area contributed by atoms with Gasteiger partial charge in [0.25, 0.3) is 5.91 Å². The topological polar surface area (TPSA) is 66.6 Å². The molecular formula is C15H20ClN3O2. The fraction of sp³-hybridized carbons (Fsp3) is 0.467. The second-order valence-electron chi connectivity index (χ2n) is 5.27. The Balaban J connectivity index is 2.01. The van der Waals surface area contributed by atoms with Crippen molar-refractivity contribution in [1.29, 1.82) is 0 Å². The Hall–Kier alpha value is -1.59. The Labute approximate surface area is 129 Å². The molecule has 0 spiro atoms. The first-order valence-electron chi connectivity index (χ1n) is 7.08. The Bertz CT molecular complexity index is 516. The number of halogens is 1. The van der Waals surface area contributed by atoms with E-state index in [0.29, 0.717) is 36.8 Å². The molecule has 0 bridgehead atoms. The molecule has 2 rings (SSSR count). The van der Waals surface area contributed by atoms with E-state index in [9.17, 15) is 9.59 Å². The van der Waals surface area contributed by atoms with Crippen LogP contribution in [0.1, 0.15) is 23.7 Å². The normalized spacial score (nSPS) is 17.3. The van der Waals surface area contributed by atoms with Gasteiger partial charge in [-0.25, -0.2) is 0 Å². The van der Waals surface area contributed by atoms with Crippen LogP contribution in [0.5, 0.6) is 0 Å². The molecule has 1 atom stereocenters. The third kappa shape index (κ3) is 3.95. The van der Waals surface area contributed by atoms with E-state index in [2.05, 4.69) is 0 Å². The van der Waals surface area contributed by atoms with E-state index in [1.54, 1.807) is 41.0 Å². The van der Waals surface area contributed by atoms with Crippen LogP contribution in [0.25, 0.3) is 0 Å². The predicted octanol–water partition coefficient (Wildman–Crippen LogP) is 1.36. The first kappa shape index (κ1) is 15.8. The summed E-state index contributed by atoms with van der Waals surface area (Å²) in [6.45, 7) is 4.03. The minimum absolute atomic E-state index is 0.0261. The second-order valence-corrected chi connectivity index (χ2v) is 5.70. The zero-order valence-corrected chi connectivity index (χ0v) is 12.8. The average Bonchev–Trinajstić information content (AvgIpc) is 2.72. The van der Waals surface area contributed by atoms with Gasteiger partial charge in [-0.05, 0) is 37.6 Å². The molecule has 1 aliphatic rings. The molecule has 1 aromatic rings. The highest BCUT2D eigenvalue weighted by Crippen LogP contribution is 2.13. The number of benzene rings is 1. The molecule has 0 aromatic heterocycles. The molecule has 0 aliphatic carbocycles. The van der Waals surface area contributed by atoms with Gasteiger partial charge >= 0.3 is 0 Å². The van der Waals surface area contributed by atoms with Crippen LogP contribution < -0.4 is 5.73 Å². The summed E-state index contributed by atoms with van der Waals surface area (Å²) in [6.07, 6.45) is 0.762. The van der Waals surface area contributed by atoms with Crippen molar-refractivity contribution in [3.8, 4) is 0 Å². The first-order chi connectivity index (χ1) is 9.99. The van der Waals surface area contributed by atoms with Crippen LogP contribution in [0, 0.1) is 0 Å². The molecule has 1 fully saturated rings. The highest BCUT2D eigenvalue weighted by molar-refractivity contribution is 6.30. The molecular weight excluding hydrogens is 290 g/mol. The Kier molecular flexibility index (Phi) is 5.20. The summed E-state index contributed by atoms with van der Waals surface area (Å²) in [4.78, 5) is 27.9. The highest BCUT2D eigenvalue weighted by atomic mass is 35.5. The number of carbonyl (C=O) groups excluding carboxylic acids is 2. The standard InChI is InChI=1S/C15H20ClN3O2/c1-11(17)14(20)18-7-2-8-19(10-9-18)15(21)12-3-5-13(16)6-4-12/h3-6,11H,2,7-10,17H2,1H3/t11-/m0/s1. The number of nitrogens with zero attached hydrogens (tertiary/aromatic N) is 2. The SMILES string of the molecule is C[C@H](N)C(=O)N1CCCN(C(=O)c2ccc(Cl)cc2)CC1. The van der Waals surface area contributed by atoms with Crippen LogP contribution >= 0.6 is 11.6 Å². The molecule has 2 N–H and O–H groups in total. The van der Waals surface area contributed by atoms with Crippen LogP contribution in [0.2, 0.25) is 5.02 Å². The maximum Gasteiger partial charge on any atom is 0.253 e. The van der Waals surface area contributed by atoms with Gasteiger partial charge in [0.2, 0.25) is 5.91 Å². The molecule has 114 valence electrons. The lowest BCUT2D eigenvalue weighted by molar-refractivity contribution is -0.132. The highest BCUT2D eigenvalue weighted by Gasteiger charge is 2.24. The minimum atomic E-state index is -0.497. The summed E-state index contributed by atoms with van der Waals surface area (Å²) in [5, 5.41) is 0.608. The maximum absolute atomic E-state index is 12.4. The second kappa shape index (κ2) is 6.91. The van der Waals surface area contributed by atoms with Gasteiger partial charge < -0.3 is 15.5 Å². The van der Waals surface area contributed by atoms with Crippen molar-refractivity contribution in [3.05, 3.63) is 34.9 Å². The summed E-state index contributed by atoms with van der Waals surface area (Å²) >= 11 is 5.83. The predicted molar refractivity (Wildman–Crippen MR) is 82.2 cm³/mol. The van der Waals surface area contributed by atoms with Crippen molar-refractivity contribution < 1.29 is 9.59 Å². The Morgan fingerprint density at radius 2 is 1.67 bits per heavy atom. The zero-order valence-electron chi connectivity index (χ0n) is 12.1. The molecule has 0 saturated carbocycles. The van der Waals surface area contributed by atoms with Crippen molar-refractivity contribution in [2.24, 2.45) is 5.73 Å². The minimum Gasteiger partial charge on any atom is -0.340 e. The number of carbonyl (C=O) groups is 2. The summed E-state index contributed by atoms with van der Waals surface area (Å²) in [7, 11) is 0. The van der Waals surface area contributed by atoms with E-state index >= 15 is 0 Å². The van der Waals surface area contributed by atoms with Crippen LogP contribution in [-0.4, -0.2) is 53.8 Å². The van der Waals surface area contributed by atoms with Gasteiger partial charge in [-0.2, -0.15) is 0 Å². The molecule has 2 amide bonds. The summed E-state index contributed by atoms with van der Waals surface area (Å²) < 4.78 is 0. The number of rotatable bonds is 2. The zero-order chi connectivity index (χ0) is 15.4. The number of hydrogen-bond donors (Lipinski definition) is 1. The summed E-state index contributed by atoms with van der Waals surface area (Å²) in [5.74, 6) is -0.0856. The molecule has 1 aromatic carbocycles. The number of amides is 2. The van der Waals surface area contributed by atoms with Crippen LogP contribution in [-0.2, 0) is 4.79 Å². The smallest absolute Gasteiger partial charge is 0.253 e. The molecule has 0 radical (unpaired) electrons. The van der Waals surface area contributed by atoms with Crippen LogP contribution in [0.4, 0.5) is 0 Å². The van der Waals surface area contributed by atoms with E-state index in [4.69, 9.17) is 17.3 Å². The van der Waals surface area contributed by atoms with Gasteiger partial charge in [0.1, 0.15) is 0 Å². The lowest BCUT2D eigenvalue weighted by Crippen LogP contribution is -2.44. The lowest BCUT2D eigenvalue weighted by Gasteiger charge is -2.23. The maximum atomic E-state index is 12.4. The third-order valence-corrected chi connectivity index (χ3v) is 3.83. The Morgan fingerprint density at radius 1 is 1.10 bits per heavy atom. The summed E-state index contributed by atoms with van der Waals surface area (Å²) in [5.41, 5.74) is 6.25. The lowest BCUT2D eigenvalue weighted by atomic mass is 10.2. The molecule has 5 nitrogen and oxygen atoms in total. The average molecular weight is 310 g/mol. The molecule has 6 heteroatoms. The third-order valence-electron chi connectivity index (χ3n) is 3.58. The number of hydrogen-bond acceptors (Lipinski definition) is 3. The van der Waals surface area contributed by atoms with Gasteiger partial charge in [0.15, 0.2) is 0 Å². The monoisotopic (exact) mass is 309 g/mol. The van der Waals surface area contributed by atoms with Gasteiger partial charge in [-0.15, -0.1) is 0 Å². The van der Waals surface area contributed by atoms with Crippen LogP contribution in [0.15, 0.2) is 24.3 Å². The van der Waals surface area contributed by atoms with E-state index < -0.39 is 6.04 Å². The first-order valence-corrected chi connectivity index (χ1v) is 7.46. The summed E-state index contributed by atoms with van der Waals surface area (Å²) in [6, 6.07) is 6.36. The van der Waals surface area contributed by atoms with E-state index in [0.717, 1.165) is 6.42 Å². The van der Waals surface area contributed by atoms with Gasteiger partial charge in [0.05, 0.1) is 6.04 Å². The van der Waals surface area contributed by atoms with E-state index in [1.807, 2.05) is 0 Å². The molecule has 1 saturated heterocycles. The quantitative estimate of drug-likeness (QED) is 0.897.